The third-order valence-electron chi connectivity index (χ3n) is 7.14. The van der Waals surface area contributed by atoms with Crippen LogP contribution in [-0.4, -0.2) is 41.3 Å². The van der Waals surface area contributed by atoms with Gasteiger partial charge in [-0.3, -0.25) is 4.90 Å². The van der Waals surface area contributed by atoms with E-state index >= 15 is 0 Å². The molecule has 1 heterocycles. The lowest BCUT2D eigenvalue weighted by atomic mass is 9.93. The zero-order chi connectivity index (χ0) is 30.1. The van der Waals surface area contributed by atoms with Crippen LogP contribution in [0.1, 0.15) is 55.1 Å². The Hall–Kier alpha value is -4.43. The van der Waals surface area contributed by atoms with Crippen molar-refractivity contribution in [2.45, 2.75) is 56.3 Å². The van der Waals surface area contributed by atoms with Gasteiger partial charge in [0.05, 0.1) is 10.9 Å². The zero-order valence-electron chi connectivity index (χ0n) is 24.0. The minimum Gasteiger partial charge on any atom is -0.458 e. The molecule has 0 saturated carbocycles. The molecular formula is C34H34N2O5S. The average Bonchev–Trinajstić information content (AvgIpc) is 3.27. The maximum absolute atomic E-state index is 14.7. The maximum atomic E-state index is 14.7. The predicted molar refractivity (Wildman–Crippen MR) is 161 cm³/mol. The van der Waals surface area contributed by atoms with Gasteiger partial charge in [-0.2, -0.15) is 0 Å². The van der Waals surface area contributed by atoms with Gasteiger partial charge in [-0.25, -0.2) is 22.3 Å². The topological polar surface area (TPSA) is 84.0 Å². The number of aryl methyl sites for hydroxylation is 1. The Morgan fingerprint density at radius 3 is 1.71 bits per heavy atom. The van der Waals surface area contributed by atoms with Crippen molar-refractivity contribution in [2.24, 2.45) is 0 Å². The quantitative estimate of drug-likeness (QED) is 0.228. The molecule has 42 heavy (non-hydrogen) atoms. The molecule has 0 bridgehead atoms. The molecule has 2 atom stereocenters. The van der Waals surface area contributed by atoms with E-state index in [1.54, 1.807) is 63.2 Å². The summed E-state index contributed by atoms with van der Waals surface area (Å²) in [6.45, 7) is 7.09. The molecule has 5 rings (SSSR count). The van der Waals surface area contributed by atoms with Crippen molar-refractivity contribution in [1.82, 2.24) is 9.21 Å². The summed E-state index contributed by atoms with van der Waals surface area (Å²) in [5.74, 6) is -0.692. The van der Waals surface area contributed by atoms with Crippen LogP contribution in [0, 0.1) is 6.92 Å². The van der Waals surface area contributed by atoms with Crippen LogP contribution < -0.4 is 0 Å². The number of hydrogen-bond donors (Lipinski definition) is 0. The first-order valence-corrected chi connectivity index (χ1v) is 15.2. The van der Waals surface area contributed by atoms with Gasteiger partial charge >= 0.3 is 12.0 Å². The van der Waals surface area contributed by atoms with Crippen LogP contribution in [0.3, 0.4) is 0 Å². The summed E-state index contributed by atoms with van der Waals surface area (Å²) in [4.78, 5) is 30.2. The molecule has 216 valence electrons. The van der Waals surface area contributed by atoms with Gasteiger partial charge in [0.15, 0.2) is 6.04 Å². The molecule has 1 aliphatic rings. The molecule has 0 aromatic heterocycles. The molecule has 2 amide bonds. The lowest BCUT2D eigenvalue weighted by molar-refractivity contribution is -0.161. The van der Waals surface area contributed by atoms with Gasteiger partial charge in [0.2, 0.25) is 0 Å². The monoisotopic (exact) mass is 582 g/mol. The number of nitrogens with zero attached hydrogens (tertiary/aromatic N) is 2. The highest BCUT2D eigenvalue weighted by atomic mass is 32.2. The maximum Gasteiger partial charge on any atom is 0.336 e. The Balaban J connectivity index is 1.79. The van der Waals surface area contributed by atoms with Crippen LogP contribution in [0.25, 0.3) is 0 Å². The smallest absolute Gasteiger partial charge is 0.336 e. The van der Waals surface area contributed by atoms with E-state index in [1.165, 1.54) is 17.0 Å². The average molecular weight is 583 g/mol. The van der Waals surface area contributed by atoms with Gasteiger partial charge < -0.3 is 4.74 Å². The number of esters is 1. The van der Waals surface area contributed by atoms with Crippen LogP contribution in [0.4, 0.5) is 4.79 Å². The van der Waals surface area contributed by atoms with Crippen molar-refractivity contribution in [1.29, 1.82) is 0 Å². The van der Waals surface area contributed by atoms with Gasteiger partial charge in [0.25, 0.3) is 10.0 Å². The summed E-state index contributed by atoms with van der Waals surface area (Å²) in [5, 5.41) is 0. The van der Waals surface area contributed by atoms with E-state index in [-0.39, 0.29) is 4.90 Å². The molecule has 0 N–H and O–H groups in total. The number of sulfonamides is 1. The Labute approximate surface area is 247 Å². The first-order valence-electron chi connectivity index (χ1n) is 13.8. The standard InChI is InChI=1S/C34H34N2O5S/c1-24-20-22-28(23-21-24)42(39,40)36-30(27-18-12-7-13-19-27)31(32(37)41-34(2,3)4)35(33(36)38)29(25-14-8-5-9-15-25)26-16-10-6-11-17-26/h5-23,29-31H,1-4H3. The van der Waals surface area contributed by atoms with Crippen molar-refractivity contribution in [3.63, 3.8) is 0 Å². The Morgan fingerprint density at radius 1 is 0.762 bits per heavy atom. The van der Waals surface area contributed by atoms with Crippen LogP contribution >= 0.6 is 0 Å². The lowest BCUT2D eigenvalue weighted by Crippen LogP contribution is -2.46. The SMILES string of the molecule is Cc1ccc(S(=O)(=O)N2C(=O)N(C(c3ccccc3)c3ccccc3)C(C(=O)OC(C)(C)C)C2c2ccccc2)cc1. The van der Waals surface area contributed by atoms with Crippen LogP contribution in [0.5, 0.6) is 0 Å². The van der Waals surface area contributed by atoms with E-state index < -0.39 is 45.8 Å². The van der Waals surface area contributed by atoms with Crippen LogP contribution in [0.15, 0.2) is 120 Å². The molecule has 2 unspecified atom stereocenters. The summed E-state index contributed by atoms with van der Waals surface area (Å²) in [6.07, 6.45) is 0. The van der Waals surface area contributed by atoms with Crippen LogP contribution in [0.2, 0.25) is 0 Å². The normalized spacial score (nSPS) is 17.5. The zero-order valence-corrected chi connectivity index (χ0v) is 24.9. The van der Waals surface area contributed by atoms with Gasteiger partial charge in [0.1, 0.15) is 11.6 Å². The molecular weight excluding hydrogens is 548 g/mol. The number of hydrogen-bond acceptors (Lipinski definition) is 5. The summed E-state index contributed by atoms with van der Waals surface area (Å²) in [5.41, 5.74) is 1.95. The van der Waals surface area contributed by atoms with Gasteiger partial charge in [-0.05, 0) is 56.5 Å². The van der Waals surface area contributed by atoms with Gasteiger partial charge in [-0.1, -0.05) is 109 Å². The highest BCUT2D eigenvalue weighted by Crippen LogP contribution is 2.46. The second-order valence-electron chi connectivity index (χ2n) is 11.4. The predicted octanol–water partition coefficient (Wildman–Crippen LogP) is 6.66. The fraction of sp³-hybridized carbons (Fsp3) is 0.235. The van der Waals surface area contributed by atoms with Crippen molar-refractivity contribution in [3.05, 3.63) is 138 Å². The number of carbonyl (C=O) groups excluding carboxylic acids is 2. The number of benzene rings is 4. The number of amides is 2. The van der Waals surface area contributed by atoms with E-state index in [2.05, 4.69) is 0 Å². The molecule has 1 saturated heterocycles. The molecule has 7 nitrogen and oxygen atoms in total. The van der Waals surface area contributed by atoms with Gasteiger partial charge in [-0.15, -0.1) is 0 Å². The molecule has 1 aliphatic heterocycles. The van der Waals surface area contributed by atoms with Crippen molar-refractivity contribution < 1.29 is 22.7 Å². The van der Waals surface area contributed by atoms with E-state index in [0.717, 1.165) is 21.0 Å². The Bertz CT molecular complexity index is 1610. The number of rotatable bonds is 7. The highest BCUT2D eigenvalue weighted by Gasteiger charge is 2.58. The summed E-state index contributed by atoms with van der Waals surface area (Å²) >= 11 is 0. The molecule has 4 aromatic rings. The molecule has 1 fully saturated rings. The van der Waals surface area contributed by atoms with E-state index in [4.69, 9.17) is 4.74 Å². The Morgan fingerprint density at radius 2 is 1.24 bits per heavy atom. The summed E-state index contributed by atoms with van der Waals surface area (Å²) in [7, 11) is -4.41. The van der Waals surface area contributed by atoms with Gasteiger partial charge in [0, 0.05) is 0 Å². The summed E-state index contributed by atoms with van der Waals surface area (Å²) in [6, 6.07) is 29.7. The lowest BCUT2D eigenvalue weighted by Gasteiger charge is -2.34. The molecule has 4 aromatic carbocycles. The van der Waals surface area contributed by atoms with E-state index in [1.807, 2.05) is 67.6 Å². The molecule has 0 radical (unpaired) electrons. The minimum absolute atomic E-state index is 0.0388. The second-order valence-corrected chi connectivity index (χ2v) is 13.2. The van der Waals surface area contributed by atoms with Crippen molar-refractivity contribution in [3.8, 4) is 0 Å². The van der Waals surface area contributed by atoms with Crippen LogP contribution in [-0.2, 0) is 19.6 Å². The minimum atomic E-state index is -4.41. The number of urea groups is 1. The third-order valence-corrected chi connectivity index (χ3v) is 8.91. The van der Waals surface area contributed by atoms with Crippen molar-refractivity contribution in [2.75, 3.05) is 0 Å². The Kier molecular flexibility index (Phi) is 7.93. The number of ether oxygens (including phenoxy) is 1. The number of carbonyl (C=O) groups is 2. The largest absolute Gasteiger partial charge is 0.458 e. The first kappa shape index (κ1) is 29.1. The molecule has 8 heteroatoms. The van der Waals surface area contributed by atoms with Crippen molar-refractivity contribution >= 4 is 22.0 Å². The highest BCUT2D eigenvalue weighted by molar-refractivity contribution is 7.89. The fourth-order valence-corrected chi connectivity index (χ4v) is 6.88. The van der Waals surface area contributed by atoms with E-state index in [9.17, 15) is 18.0 Å². The fourth-order valence-electron chi connectivity index (χ4n) is 5.34. The molecule has 0 aliphatic carbocycles. The first-order chi connectivity index (χ1) is 20.0. The third kappa shape index (κ3) is 5.67. The second kappa shape index (κ2) is 11.4. The van der Waals surface area contributed by atoms with E-state index in [0.29, 0.717) is 5.56 Å². The summed E-state index contributed by atoms with van der Waals surface area (Å²) < 4.78 is 35.5. The molecule has 0 spiro atoms.